The van der Waals surface area contributed by atoms with Crippen molar-refractivity contribution in [1.82, 2.24) is 14.5 Å². The van der Waals surface area contributed by atoms with Gasteiger partial charge in [-0.1, -0.05) is 26.0 Å². The fourth-order valence-corrected chi connectivity index (χ4v) is 6.57. The largest absolute Gasteiger partial charge is 0.348 e. The lowest BCUT2D eigenvalue weighted by atomic mass is 10.1. The zero-order chi connectivity index (χ0) is 21.7. The topological polar surface area (TPSA) is 69.7 Å². The van der Waals surface area contributed by atoms with E-state index in [1.807, 2.05) is 26.8 Å². The van der Waals surface area contributed by atoms with E-state index in [2.05, 4.69) is 21.7 Å². The van der Waals surface area contributed by atoms with Crippen LogP contribution in [0.15, 0.2) is 46.7 Å². The number of thiophene rings is 1. The highest BCUT2D eigenvalue weighted by atomic mass is 32.2. The number of rotatable bonds is 9. The van der Waals surface area contributed by atoms with Gasteiger partial charge in [-0.25, -0.2) is 8.42 Å². The molecule has 1 N–H and O–H groups in total. The molecule has 1 aromatic heterocycles. The Morgan fingerprint density at radius 3 is 2.47 bits per heavy atom. The van der Waals surface area contributed by atoms with Crippen LogP contribution < -0.4 is 5.32 Å². The average molecular weight is 450 g/mol. The molecule has 0 saturated carbocycles. The Morgan fingerprint density at radius 2 is 1.87 bits per heavy atom. The van der Waals surface area contributed by atoms with Gasteiger partial charge in [0.05, 0.1) is 10.9 Å². The Labute approximate surface area is 183 Å². The van der Waals surface area contributed by atoms with E-state index in [4.69, 9.17) is 0 Å². The SMILES string of the molecule is CCN(CC)S(=O)(=O)c1cccc(C(=O)N[C@@H](C)[C@H](c2cccs2)N2CCCC2)c1. The summed E-state index contributed by atoms with van der Waals surface area (Å²) >= 11 is 1.71. The van der Waals surface area contributed by atoms with E-state index in [0.717, 1.165) is 13.1 Å². The second kappa shape index (κ2) is 10.0. The number of carbonyl (C=O) groups is 1. The second-order valence-electron chi connectivity index (χ2n) is 7.58. The first-order valence-corrected chi connectivity index (χ1v) is 12.9. The number of hydrogen-bond acceptors (Lipinski definition) is 5. The van der Waals surface area contributed by atoms with E-state index < -0.39 is 10.0 Å². The van der Waals surface area contributed by atoms with Crippen molar-refractivity contribution in [2.24, 2.45) is 0 Å². The van der Waals surface area contributed by atoms with Gasteiger partial charge in [-0.05, 0) is 62.5 Å². The van der Waals surface area contributed by atoms with Gasteiger partial charge < -0.3 is 5.32 Å². The average Bonchev–Trinajstić information content (AvgIpc) is 3.44. The normalized spacial score (nSPS) is 17.2. The summed E-state index contributed by atoms with van der Waals surface area (Å²) in [6.07, 6.45) is 2.35. The molecule has 2 atom stereocenters. The third-order valence-corrected chi connectivity index (χ3v) is 8.63. The molecule has 30 heavy (non-hydrogen) atoms. The minimum Gasteiger partial charge on any atom is -0.348 e. The molecule has 0 unspecified atom stereocenters. The first-order valence-electron chi connectivity index (χ1n) is 10.6. The number of sulfonamides is 1. The van der Waals surface area contributed by atoms with Crippen molar-refractivity contribution < 1.29 is 13.2 Å². The van der Waals surface area contributed by atoms with Crippen LogP contribution in [0.25, 0.3) is 0 Å². The highest BCUT2D eigenvalue weighted by molar-refractivity contribution is 7.89. The van der Waals surface area contributed by atoms with Crippen molar-refractivity contribution in [3.8, 4) is 0 Å². The molecule has 6 nitrogen and oxygen atoms in total. The van der Waals surface area contributed by atoms with E-state index in [0.29, 0.717) is 18.7 Å². The molecular weight excluding hydrogens is 418 g/mol. The Hall–Kier alpha value is -1.74. The molecule has 1 aromatic carbocycles. The fraction of sp³-hybridized carbons (Fsp3) is 0.500. The van der Waals surface area contributed by atoms with Crippen molar-refractivity contribution >= 4 is 27.3 Å². The van der Waals surface area contributed by atoms with E-state index in [1.54, 1.807) is 29.5 Å². The lowest BCUT2D eigenvalue weighted by molar-refractivity contribution is 0.0907. The summed E-state index contributed by atoms with van der Waals surface area (Å²) in [5.41, 5.74) is 0.362. The van der Waals surface area contributed by atoms with Crippen LogP contribution in [0.1, 0.15) is 54.9 Å². The molecule has 0 radical (unpaired) electrons. The summed E-state index contributed by atoms with van der Waals surface area (Å²) in [4.78, 5) is 16.8. The minimum atomic E-state index is -3.60. The van der Waals surface area contributed by atoms with Gasteiger partial charge in [-0.2, -0.15) is 4.31 Å². The second-order valence-corrected chi connectivity index (χ2v) is 10.5. The van der Waals surface area contributed by atoms with Crippen molar-refractivity contribution in [1.29, 1.82) is 0 Å². The molecule has 0 aliphatic carbocycles. The maximum absolute atomic E-state index is 13.0. The molecule has 2 heterocycles. The first kappa shape index (κ1) is 22.9. The molecule has 3 rings (SSSR count). The van der Waals surface area contributed by atoms with Gasteiger partial charge in [0.15, 0.2) is 0 Å². The first-order chi connectivity index (χ1) is 14.4. The lowest BCUT2D eigenvalue weighted by Gasteiger charge is -2.32. The third-order valence-electron chi connectivity index (χ3n) is 5.64. The molecular formula is C22H31N3O3S2. The van der Waals surface area contributed by atoms with Gasteiger partial charge in [-0.15, -0.1) is 11.3 Å². The monoisotopic (exact) mass is 449 g/mol. The van der Waals surface area contributed by atoms with Gasteiger partial charge in [0.25, 0.3) is 5.91 Å². The van der Waals surface area contributed by atoms with Crippen molar-refractivity contribution in [3.63, 3.8) is 0 Å². The van der Waals surface area contributed by atoms with Crippen LogP contribution in [0.4, 0.5) is 0 Å². The number of hydrogen-bond donors (Lipinski definition) is 1. The van der Waals surface area contributed by atoms with Crippen LogP contribution in [0, 0.1) is 0 Å². The van der Waals surface area contributed by atoms with Gasteiger partial charge in [0, 0.05) is 29.6 Å². The molecule has 8 heteroatoms. The lowest BCUT2D eigenvalue weighted by Crippen LogP contribution is -2.43. The van der Waals surface area contributed by atoms with Gasteiger partial charge in [0.2, 0.25) is 10.0 Å². The summed E-state index contributed by atoms with van der Waals surface area (Å²) in [5.74, 6) is -0.250. The van der Waals surface area contributed by atoms with Crippen molar-refractivity contribution in [3.05, 3.63) is 52.2 Å². The molecule has 1 aliphatic rings. The van der Waals surface area contributed by atoms with Crippen molar-refractivity contribution in [2.45, 2.75) is 50.6 Å². The summed E-state index contributed by atoms with van der Waals surface area (Å²) in [6, 6.07) is 10.5. The number of likely N-dealkylation sites (tertiary alicyclic amines) is 1. The summed E-state index contributed by atoms with van der Waals surface area (Å²) < 4.78 is 27.0. The Morgan fingerprint density at radius 1 is 1.17 bits per heavy atom. The highest BCUT2D eigenvalue weighted by Crippen LogP contribution is 2.31. The van der Waals surface area contributed by atoms with E-state index >= 15 is 0 Å². The Kier molecular flexibility index (Phi) is 7.68. The summed E-state index contributed by atoms with van der Waals surface area (Å²) in [7, 11) is -3.60. The van der Waals surface area contributed by atoms with Crippen LogP contribution in [-0.4, -0.2) is 55.8 Å². The minimum absolute atomic E-state index is 0.0997. The van der Waals surface area contributed by atoms with Crippen LogP contribution >= 0.6 is 11.3 Å². The molecule has 1 aliphatic heterocycles. The predicted molar refractivity (Wildman–Crippen MR) is 121 cm³/mol. The van der Waals surface area contributed by atoms with Gasteiger partial charge in [-0.3, -0.25) is 9.69 Å². The number of nitrogens with zero attached hydrogens (tertiary/aromatic N) is 2. The molecule has 1 saturated heterocycles. The molecule has 1 fully saturated rings. The van der Waals surface area contributed by atoms with Crippen LogP contribution in [-0.2, 0) is 10.0 Å². The number of nitrogens with one attached hydrogen (secondary N) is 1. The van der Waals surface area contributed by atoms with E-state index in [-0.39, 0.29) is 22.9 Å². The van der Waals surface area contributed by atoms with Crippen LogP contribution in [0.3, 0.4) is 0 Å². The molecule has 2 aromatic rings. The predicted octanol–water partition coefficient (Wildman–Crippen LogP) is 3.73. The number of benzene rings is 1. The fourth-order valence-electron chi connectivity index (χ4n) is 4.10. The van der Waals surface area contributed by atoms with Gasteiger partial charge >= 0.3 is 0 Å². The van der Waals surface area contributed by atoms with Crippen LogP contribution in [0.2, 0.25) is 0 Å². The quantitative estimate of drug-likeness (QED) is 0.633. The smallest absolute Gasteiger partial charge is 0.251 e. The molecule has 0 bridgehead atoms. The van der Waals surface area contributed by atoms with Gasteiger partial charge in [0.1, 0.15) is 0 Å². The Bertz CT molecular complexity index is 934. The third kappa shape index (κ3) is 4.94. The maximum atomic E-state index is 13.0. The van der Waals surface area contributed by atoms with Crippen molar-refractivity contribution in [2.75, 3.05) is 26.2 Å². The van der Waals surface area contributed by atoms with E-state index in [9.17, 15) is 13.2 Å². The Balaban J connectivity index is 1.80. The highest BCUT2D eigenvalue weighted by Gasteiger charge is 2.30. The molecule has 1 amide bonds. The maximum Gasteiger partial charge on any atom is 0.251 e. The number of amides is 1. The zero-order valence-corrected chi connectivity index (χ0v) is 19.5. The summed E-state index contributed by atoms with van der Waals surface area (Å²) in [6.45, 7) is 8.48. The summed E-state index contributed by atoms with van der Waals surface area (Å²) in [5, 5.41) is 5.18. The number of carbonyl (C=O) groups excluding carboxylic acids is 1. The zero-order valence-electron chi connectivity index (χ0n) is 17.9. The molecule has 0 spiro atoms. The molecule has 164 valence electrons. The van der Waals surface area contributed by atoms with E-state index in [1.165, 1.54) is 28.1 Å². The van der Waals surface area contributed by atoms with Crippen LogP contribution in [0.5, 0.6) is 0 Å². The standard InChI is InChI=1S/C22H31N3O3S2/c1-4-25(5-2)30(27,28)19-11-8-10-18(16-19)22(26)23-17(3)21(20-12-9-15-29-20)24-13-6-7-14-24/h8-12,15-17,21H,4-7,13-14H2,1-3H3,(H,23,26)/t17-,21+/m0/s1.